The van der Waals surface area contributed by atoms with Crippen LogP contribution in [0.3, 0.4) is 0 Å². The third-order valence-corrected chi connectivity index (χ3v) is 6.54. The van der Waals surface area contributed by atoms with Crippen molar-refractivity contribution in [1.82, 2.24) is 9.71 Å². The number of halogens is 1. The number of nitrogens with zero attached hydrogens (tertiary/aromatic N) is 2. The summed E-state index contributed by atoms with van der Waals surface area (Å²) in [5, 5.41) is 0. The van der Waals surface area contributed by atoms with Crippen LogP contribution in [0.1, 0.15) is 24.0 Å². The van der Waals surface area contributed by atoms with E-state index in [0.717, 1.165) is 24.0 Å². The molecule has 0 saturated heterocycles. The molecule has 1 saturated carbocycles. The van der Waals surface area contributed by atoms with Crippen molar-refractivity contribution in [3.05, 3.63) is 52.3 Å². The highest BCUT2D eigenvalue weighted by Gasteiger charge is 2.39. The molecule has 6 nitrogen and oxygen atoms in total. The summed E-state index contributed by atoms with van der Waals surface area (Å²) in [4.78, 5) is 18.4. The van der Waals surface area contributed by atoms with Crippen LogP contribution in [-0.4, -0.2) is 25.9 Å². The maximum Gasteiger partial charge on any atom is 0.242 e. The third-order valence-electron chi connectivity index (χ3n) is 4.66. The number of fused-ring (bicyclic) bond motifs is 1. The first-order chi connectivity index (χ1) is 12.5. The molecule has 136 valence electrons. The van der Waals surface area contributed by atoms with Gasteiger partial charge in [-0.3, -0.25) is 9.78 Å². The van der Waals surface area contributed by atoms with E-state index in [9.17, 15) is 13.2 Å². The van der Waals surface area contributed by atoms with E-state index >= 15 is 0 Å². The number of anilines is 1. The monoisotopic (exact) mass is 435 g/mol. The molecule has 26 heavy (non-hydrogen) atoms. The van der Waals surface area contributed by atoms with Gasteiger partial charge in [-0.2, -0.15) is 0 Å². The summed E-state index contributed by atoms with van der Waals surface area (Å²) in [5.41, 5.74) is 2.19. The SMILES string of the molecule is O=C(C1CC1)N1CCc2cc(Br)cc(S(=O)(=O)NCc3cccnc3)c21. The van der Waals surface area contributed by atoms with Crippen LogP contribution < -0.4 is 9.62 Å². The standard InChI is InChI=1S/C18H18BrN3O3S/c19-15-8-14-5-7-22(18(23)13-3-4-13)17(14)16(9-15)26(24,25)21-11-12-2-1-6-20-10-12/h1-2,6,8-10,13,21H,3-5,7,11H2. The van der Waals surface area contributed by atoms with Crippen LogP contribution in [0.25, 0.3) is 0 Å². The van der Waals surface area contributed by atoms with Crippen molar-refractivity contribution in [3.63, 3.8) is 0 Å². The lowest BCUT2D eigenvalue weighted by atomic mass is 10.2. The molecule has 1 aromatic carbocycles. The minimum atomic E-state index is -3.78. The van der Waals surface area contributed by atoms with E-state index in [1.54, 1.807) is 29.4 Å². The van der Waals surface area contributed by atoms with Crippen LogP contribution in [0.15, 0.2) is 46.0 Å². The van der Waals surface area contributed by atoms with Crippen LogP contribution in [0.5, 0.6) is 0 Å². The Kier molecular flexibility index (Phi) is 4.58. The van der Waals surface area contributed by atoms with E-state index in [1.165, 1.54) is 0 Å². The minimum Gasteiger partial charge on any atom is -0.310 e. The van der Waals surface area contributed by atoms with Gasteiger partial charge in [0.15, 0.2) is 0 Å². The second-order valence-electron chi connectivity index (χ2n) is 6.61. The minimum absolute atomic E-state index is 0.0368. The Balaban J connectivity index is 1.68. The van der Waals surface area contributed by atoms with Crippen molar-refractivity contribution in [2.75, 3.05) is 11.4 Å². The van der Waals surface area contributed by atoms with E-state index in [0.29, 0.717) is 23.1 Å². The first-order valence-corrected chi connectivity index (χ1v) is 10.8. The van der Waals surface area contributed by atoms with Gasteiger partial charge in [-0.1, -0.05) is 22.0 Å². The fraction of sp³-hybridized carbons (Fsp3) is 0.333. The average Bonchev–Trinajstić information content (AvgIpc) is 3.40. The smallest absolute Gasteiger partial charge is 0.242 e. The van der Waals surface area contributed by atoms with Crippen molar-refractivity contribution in [1.29, 1.82) is 0 Å². The third kappa shape index (κ3) is 3.41. The summed E-state index contributed by atoms with van der Waals surface area (Å²) in [6.45, 7) is 0.681. The molecule has 0 unspecified atom stereocenters. The zero-order valence-electron chi connectivity index (χ0n) is 14.0. The van der Waals surface area contributed by atoms with Gasteiger partial charge in [0, 0.05) is 35.9 Å². The van der Waals surface area contributed by atoms with E-state index in [-0.39, 0.29) is 23.3 Å². The largest absolute Gasteiger partial charge is 0.310 e. The first-order valence-electron chi connectivity index (χ1n) is 8.48. The topological polar surface area (TPSA) is 79.4 Å². The second-order valence-corrected chi connectivity index (χ2v) is 9.26. The highest BCUT2D eigenvalue weighted by molar-refractivity contribution is 9.10. The van der Waals surface area contributed by atoms with Crippen LogP contribution in [0.4, 0.5) is 5.69 Å². The summed E-state index contributed by atoms with van der Waals surface area (Å²) in [6.07, 6.45) is 5.71. The molecule has 1 aromatic heterocycles. The lowest BCUT2D eigenvalue weighted by Gasteiger charge is -2.21. The molecule has 0 radical (unpaired) electrons. The van der Waals surface area contributed by atoms with Gasteiger partial charge in [-0.05, 0) is 48.6 Å². The van der Waals surface area contributed by atoms with Gasteiger partial charge in [0.25, 0.3) is 0 Å². The maximum absolute atomic E-state index is 13.0. The van der Waals surface area contributed by atoms with Gasteiger partial charge >= 0.3 is 0 Å². The van der Waals surface area contributed by atoms with Gasteiger partial charge in [0.05, 0.1) is 5.69 Å². The van der Waals surface area contributed by atoms with Crippen molar-refractivity contribution in [3.8, 4) is 0 Å². The Bertz CT molecular complexity index is 959. The molecule has 1 N–H and O–H groups in total. The molecular formula is C18H18BrN3O3S. The number of aromatic nitrogens is 1. The van der Waals surface area contributed by atoms with Gasteiger partial charge < -0.3 is 4.90 Å². The molecule has 0 spiro atoms. The van der Waals surface area contributed by atoms with Gasteiger partial charge in [-0.25, -0.2) is 13.1 Å². The van der Waals surface area contributed by atoms with E-state index in [4.69, 9.17) is 0 Å². The number of benzene rings is 1. The van der Waals surface area contributed by atoms with Crippen molar-refractivity contribution in [2.24, 2.45) is 5.92 Å². The first kappa shape index (κ1) is 17.6. The summed E-state index contributed by atoms with van der Waals surface area (Å²) >= 11 is 3.40. The molecule has 1 aliphatic carbocycles. The molecule has 2 heterocycles. The Morgan fingerprint density at radius 2 is 2.15 bits per heavy atom. The fourth-order valence-corrected chi connectivity index (χ4v) is 5.15. The number of nitrogens with one attached hydrogen (secondary N) is 1. The highest BCUT2D eigenvalue weighted by atomic mass is 79.9. The van der Waals surface area contributed by atoms with Gasteiger partial charge in [0.1, 0.15) is 4.90 Å². The molecular weight excluding hydrogens is 418 g/mol. The van der Waals surface area contributed by atoms with Crippen LogP contribution >= 0.6 is 15.9 Å². The number of amides is 1. The van der Waals surface area contributed by atoms with E-state index < -0.39 is 10.0 Å². The highest BCUT2D eigenvalue weighted by Crippen LogP contribution is 2.41. The zero-order valence-corrected chi connectivity index (χ0v) is 16.4. The summed E-state index contributed by atoms with van der Waals surface area (Å²) in [6, 6.07) is 7.04. The number of sulfonamides is 1. The molecule has 4 rings (SSSR count). The van der Waals surface area contributed by atoms with Crippen molar-refractivity contribution < 1.29 is 13.2 Å². The Labute approximate surface area is 160 Å². The molecule has 0 atom stereocenters. The molecule has 1 aliphatic heterocycles. The summed E-state index contributed by atoms with van der Waals surface area (Å²) in [5.74, 6) is 0.0817. The van der Waals surface area contributed by atoms with Gasteiger partial charge in [0.2, 0.25) is 15.9 Å². The summed E-state index contributed by atoms with van der Waals surface area (Å²) < 4.78 is 29.3. The van der Waals surface area contributed by atoms with E-state index in [1.807, 2.05) is 12.1 Å². The number of hydrogen-bond donors (Lipinski definition) is 1. The molecule has 1 amide bonds. The van der Waals surface area contributed by atoms with E-state index in [2.05, 4.69) is 25.6 Å². The fourth-order valence-electron chi connectivity index (χ4n) is 3.20. The van der Waals surface area contributed by atoms with Crippen LogP contribution in [0, 0.1) is 5.92 Å². The number of hydrogen-bond acceptors (Lipinski definition) is 4. The summed E-state index contributed by atoms with van der Waals surface area (Å²) in [7, 11) is -3.78. The molecule has 2 aromatic rings. The Hall–Kier alpha value is -1.77. The Morgan fingerprint density at radius 3 is 2.85 bits per heavy atom. The number of carbonyl (C=O) groups excluding carboxylic acids is 1. The van der Waals surface area contributed by atoms with Crippen LogP contribution in [-0.2, 0) is 27.8 Å². The van der Waals surface area contributed by atoms with Crippen molar-refractivity contribution >= 4 is 37.5 Å². The maximum atomic E-state index is 13.0. The van der Waals surface area contributed by atoms with Crippen LogP contribution in [0.2, 0.25) is 0 Å². The quantitative estimate of drug-likeness (QED) is 0.782. The number of pyridine rings is 1. The molecule has 1 fully saturated rings. The second kappa shape index (κ2) is 6.75. The predicted octanol–water partition coefficient (Wildman–Crippen LogP) is 2.62. The zero-order chi connectivity index (χ0) is 18.3. The number of carbonyl (C=O) groups is 1. The lowest BCUT2D eigenvalue weighted by molar-refractivity contribution is -0.119. The van der Waals surface area contributed by atoms with Crippen molar-refractivity contribution in [2.45, 2.75) is 30.7 Å². The Morgan fingerprint density at radius 1 is 1.35 bits per heavy atom. The number of rotatable bonds is 5. The molecule has 2 aliphatic rings. The molecule has 8 heteroatoms. The molecule has 0 bridgehead atoms. The average molecular weight is 436 g/mol. The van der Waals surface area contributed by atoms with Gasteiger partial charge in [-0.15, -0.1) is 0 Å². The predicted molar refractivity (Wildman–Crippen MR) is 101 cm³/mol. The lowest BCUT2D eigenvalue weighted by Crippen LogP contribution is -2.32. The normalized spacial score (nSPS) is 16.6.